The zero-order chi connectivity index (χ0) is 24.3. The number of Topliss-reactive ketones (excluding diaryl/α,β-unsaturated/α-hetero) is 1. The lowest BCUT2D eigenvalue weighted by Gasteiger charge is -2.28. The standard InChI is InChI=1S/C24H27ClN5O3P/c1-33-21-14-16(30-12-10-17(31)11-13-30)8-9-19(21)28-24-26-15-18(25)23(29-24)27-20-6-4-5-7-22(20)34(2,3)32/h4-9,14-15H,10-13H2,1-3H3,(H2,26,27,28,29). The lowest BCUT2D eigenvalue weighted by molar-refractivity contribution is -0.119. The first kappa shape index (κ1) is 24.0. The molecule has 1 aromatic heterocycles. The SMILES string of the molecule is COc1cc(N2CCC(=O)CC2)ccc1Nc1ncc(Cl)c(Nc2ccccc2P(C)(C)=O)n1. The summed E-state index contributed by atoms with van der Waals surface area (Å²) in [4.78, 5) is 22.5. The van der Waals surface area contributed by atoms with Crippen LogP contribution in [0, 0.1) is 0 Å². The van der Waals surface area contributed by atoms with E-state index < -0.39 is 7.14 Å². The molecule has 1 saturated heterocycles. The van der Waals surface area contributed by atoms with Crippen molar-refractivity contribution in [2.45, 2.75) is 12.8 Å². The van der Waals surface area contributed by atoms with E-state index in [4.69, 9.17) is 16.3 Å². The van der Waals surface area contributed by atoms with E-state index in [0.717, 1.165) is 11.0 Å². The van der Waals surface area contributed by atoms with Gasteiger partial charge in [-0.3, -0.25) is 4.79 Å². The average molecular weight is 500 g/mol. The van der Waals surface area contributed by atoms with Gasteiger partial charge >= 0.3 is 0 Å². The van der Waals surface area contributed by atoms with E-state index in [1.807, 2.05) is 42.5 Å². The second-order valence-electron chi connectivity index (χ2n) is 8.42. The van der Waals surface area contributed by atoms with Crippen molar-refractivity contribution in [3.8, 4) is 5.75 Å². The molecule has 0 bridgehead atoms. The first-order chi connectivity index (χ1) is 16.2. The molecule has 0 spiro atoms. The van der Waals surface area contributed by atoms with Crippen molar-refractivity contribution in [2.75, 3.05) is 49.1 Å². The van der Waals surface area contributed by atoms with Gasteiger partial charge in [-0.1, -0.05) is 23.7 Å². The number of anilines is 5. The van der Waals surface area contributed by atoms with Crippen molar-refractivity contribution in [3.05, 3.63) is 53.7 Å². The highest BCUT2D eigenvalue weighted by Gasteiger charge is 2.19. The minimum atomic E-state index is -2.51. The van der Waals surface area contributed by atoms with E-state index in [-0.39, 0.29) is 0 Å². The molecule has 1 fully saturated rings. The molecule has 10 heteroatoms. The molecule has 8 nitrogen and oxygen atoms in total. The number of piperidine rings is 1. The van der Waals surface area contributed by atoms with Gasteiger partial charge in [0, 0.05) is 43.0 Å². The second kappa shape index (κ2) is 10.0. The van der Waals surface area contributed by atoms with Gasteiger partial charge in [-0.2, -0.15) is 4.98 Å². The van der Waals surface area contributed by atoms with Crippen LogP contribution in [0.2, 0.25) is 5.02 Å². The van der Waals surface area contributed by atoms with Crippen molar-refractivity contribution >= 4 is 58.7 Å². The predicted molar refractivity (Wildman–Crippen MR) is 139 cm³/mol. The summed E-state index contributed by atoms with van der Waals surface area (Å²) in [6.07, 6.45) is 2.63. The molecule has 0 atom stereocenters. The molecule has 178 valence electrons. The highest BCUT2D eigenvalue weighted by atomic mass is 35.5. The monoisotopic (exact) mass is 499 g/mol. The first-order valence-electron chi connectivity index (χ1n) is 10.9. The maximum atomic E-state index is 12.7. The van der Waals surface area contributed by atoms with Crippen molar-refractivity contribution in [1.82, 2.24) is 9.97 Å². The van der Waals surface area contributed by atoms with Gasteiger partial charge in [0.05, 0.1) is 24.7 Å². The number of methoxy groups -OCH3 is 1. The van der Waals surface area contributed by atoms with Gasteiger partial charge in [-0.05, 0) is 37.6 Å². The Hall–Kier alpha value is -3.09. The zero-order valence-corrected chi connectivity index (χ0v) is 21.0. The third-order valence-electron chi connectivity index (χ3n) is 5.60. The fraction of sp³-hybridized carbons (Fsp3) is 0.292. The Morgan fingerprint density at radius 3 is 2.50 bits per heavy atom. The normalized spacial score (nSPS) is 14.1. The van der Waals surface area contributed by atoms with Crippen LogP contribution in [-0.4, -0.2) is 49.3 Å². The Bertz CT molecular complexity index is 1250. The van der Waals surface area contributed by atoms with E-state index in [1.54, 1.807) is 20.4 Å². The molecule has 0 radical (unpaired) electrons. The zero-order valence-electron chi connectivity index (χ0n) is 19.3. The second-order valence-corrected chi connectivity index (χ2v) is 12.0. The summed E-state index contributed by atoms with van der Waals surface area (Å²) in [5.74, 6) is 1.66. The number of nitrogens with one attached hydrogen (secondary N) is 2. The topological polar surface area (TPSA) is 96.5 Å². The van der Waals surface area contributed by atoms with Crippen LogP contribution in [0.25, 0.3) is 0 Å². The van der Waals surface area contributed by atoms with Crippen LogP contribution >= 0.6 is 18.7 Å². The molecule has 0 unspecified atom stereocenters. The maximum Gasteiger partial charge on any atom is 0.229 e. The number of rotatable bonds is 7. The van der Waals surface area contributed by atoms with Crippen LogP contribution in [0.5, 0.6) is 5.75 Å². The van der Waals surface area contributed by atoms with E-state index in [0.29, 0.717) is 65.6 Å². The fourth-order valence-electron chi connectivity index (χ4n) is 3.81. The Kier molecular flexibility index (Phi) is 7.10. The summed E-state index contributed by atoms with van der Waals surface area (Å²) in [7, 11) is -0.907. The van der Waals surface area contributed by atoms with Gasteiger partial charge in [0.1, 0.15) is 23.7 Å². The summed E-state index contributed by atoms with van der Waals surface area (Å²) >= 11 is 6.35. The smallest absolute Gasteiger partial charge is 0.229 e. The molecular weight excluding hydrogens is 473 g/mol. The minimum absolute atomic E-state index is 0.300. The molecule has 0 saturated carbocycles. The number of carbonyl (C=O) groups excluding carboxylic acids is 1. The molecule has 1 aliphatic rings. The van der Waals surface area contributed by atoms with Crippen molar-refractivity contribution in [1.29, 1.82) is 0 Å². The molecule has 2 aromatic carbocycles. The number of nitrogens with zero attached hydrogens (tertiary/aromatic N) is 3. The van der Waals surface area contributed by atoms with Crippen LogP contribution in [0.15, 0.2) is 48.7 Å². The summed E-state index contributed by atoms with van der Waals surface area (Å²) in [5, 5.41) is 7.44. The first-order valence-corrected chi connectivity index (χ1v) is 13.9. The number of benzene rings is 2. The number of hydrogen-bond acceptors (Lipinski definition) is 8. The van der Waals surface area contributed by atoms with Crippen molar-refractivity contribution in [2.24, 2.45) is 0 Å². The van der Waals surface area contributed by atoms with E-state index >= 15 is 0 Å². The van der Waals surface area contributed by atoms with E-state index in [1.165, 1.54) is 6.20 Å². The summed E-state index contributed by atoms with van der Waals surface area (Å²) in [5.41, 5.74) is 2.37. The number of ketones is 1. The molecule has 2 N–H and O–H groups in total. The fourth-order valence-corrected chi connectivity index (χ4v) is 5.10. The van der Waals surface area contributed by atoms with Crippen LogP contribution in [0.3, 0.4) is 0 Å². The largest absolute Gasteiger partial charge is 0.494 e. The summed E-state index contributed by atoms with van der Waals surface area (Å²) in [6.45, 7) is 4.85. The molecule has 2 heterocycles. The Labute approximate surface area is 204 Å². The van der Waals surface area contributed by atoms with Crippen LogP contribution < -0.4 is 25.6 Å². The molecular formula is C24H27ClN5O3P. The number of carbonyl (C=O) groups is 1. The highest BCUT2D eigenvalue weighted by Crippen LogP contribution is 2.39. The molecule has 34 heavy (non-hydrogen) atoms. The predicted octanol–water partition coefficient (Wildman–Crippen LogP) is 5.04. The van der Waals surface area contributed by atoms with Gasteiger partial charge in [-0.15, -0.1) is 0 Å². The molecule has 0 aliphatic carbocycles. The van der Waals surface area contributed by atoms with Crippen molar-refractivity contribution in [3.63, 3.8) is 0 Å². The highest BCUT2D eigenvalue weighted by molar-refractivity contribution is 7.70. The van der Waals surface area contributed by atoms with Gasteiger partial charge in [0.15, 0.2) is 5.82 Å². The van der Waals surface area contributed by atoms with Gasteiger partial charge in [0.2, 0.25) is 5.95 Å². The maximum absolute atomic E-state index is 12.7. The van der Waals surface area contributed by atoms with Crippen molar-refractivity contribution < 1.29 is 14.1 Å². The molecule has 1 aliphatic heterocycles. The third-order valence-corrected chi connectivity index (χ3v) is 7.43. The van der Waals surface area contributed by atoms with Gasteiger partial charge in [0.25, 0.3) is 0 Å². The number of hydrogen-bond donors (Lipinski definition) is 2. The molecule has 3 aromatic rings. The number of aromatic nitrogens is 2. The van der Waals surface area contributed by atoms with E-state index in [9.17, 15) is 9.36 Å². The number of ether oxygens (including phenoxy) is 1. The van der Waals surface area contributed by atoms with E-state index in [2.05, 4.69) is 25.5 Å². The van der Waals surface area contributed by atoms with Gasteiger partial charge < -0.3 is 24.8 Å². The minimum Gasteiger partial charge on any atom is -0.494 e. The molecule has 0 amide bonds. The van der Waals surface area contributed by atoms with Gasteiger partial charge in [-0.25, -0.2) is 4.98 Å². The third kappa shape index (κ3) is 5.51. The Morgan fingerprint density at radius 2 is 1.79 bits per heavy atom. The number of halogens is 1. The molecule has 4 rings (SSSR count). The Balaban J connectivity index is 1.57. The Morgan fingerprint density at radius 1 is 1.06 bits per heavy atom. The van der Waals surface area contributed by atoms with Crippen LogP contribution in [0.4, 0.5) is 28.8 Å². The van der Waals surface area contributed by atoms with Crippen LogP contribution in [0.1, 0.15) is 12.8 Å². The quantitative estimate of drug-likeness (QED) is 0.436. The summed E-state index contributed by atoms with van der Waals surface area (Å²) in [6, 6.07) is 13.2. The van der Waals surface area contributed by atoms with Crippen LogP contribution in [-0.2, 0) is 9.36 Å². The lowest BCUT2D eigenvalue weighted by Crippen LogP contribution is -2.33. The average Bonchev–Trinajstić information content (AvgIpc) is 2.81. The number of para-hydroxylation sites is 1. The lowest BCUT2D eigenvalue weighted by atomic mass is 10.1. The summed E-state index contributed by atoms with van der Waals surface area (Å²) < 4.78 is 18.3.